The number of benzene rings is 2. The number of rotatable bonds is 8. The number of fused-ring (bicyclic) bond motifs is 1. The predicted octanol–water partition coefficient (Wildman–Crippen LogP) is 5.65. The molecule has 0 radical (unpaired) electrons. The number of hydrogen-bond donors (Lipinski definition) is 0. The highest BCUT2D eigenvalue weighted by atomic mass is 35.5. The van der Waals surface area contributed by atoms with Gasteiger partial charge in [0.05, 0.1) is 29.7 Å². The third kappa shape index (κ3) is 5.09. The van der Waals surface area contributed by atoms with E-state index in [-0.39, 0.29) is 12.0 Å². The summed E-state index contributed by atoms with van der Waals surface area (Å²) in [7, 11) is 0. The van der Waals surface area contributed by atoms with Gasteiger partial charge in [-0.2, -0.15) is 0 Å². The Morgan fingerprint density at radius 2 is 2.17 bits per heavy atom. The molecule has 1 atom stereocenters. The van der Waals surface area contributed by atoms with Crippen molar-refractivity contribution in [3.63, 3.8) is 0 Å². The maximum atomic E-state index is 13.2. The number of thioether (sulfide) groups is 1. The maximum Gasteiger partial charge on any atom is 0.239 e. The van der Waals surface area contributed by atoms with Gasteiger partial charge in [0.25, 0.3) is 0 Å². The molecule has 2 aromatic carbocycles. The minimum absolute atomic E-state index is 0.0162. The first-order valence-corrected chi connectivity index (χ1v) is 12.1. The Labute approximate surface area is 189 Å². The van der Waals surface area contributed by atoms with Crippen LogP contribution in [0.5, 0.6) is 5.75 Å². The quantitative estimate of drug-likeness (QED) is 0.405. The van der Waals surface area contributed by atoms with Gasteiger partial charge in [0, 0.05) is 16.5 Å². The number of para-hydroxylation sites is 1. The van der Waals surface area contributed by atoms with Crippen molar-refractivity contribution >= 4 is 56.0 Å². The Hall–Kier alpha value is -1.80. The first kappa shape index (κ1) is 21.4. The summed E-state index contributed by atoms with van der Waals surface area (Å²) >= 11 is 8.97. The van der Waals surface area contributed by atoms with Crippen molar-refractivity contribution in [1.82, 2.24) is 4.98 Å². The summed E-state index contributed by atoms with van der Waals surface area (Å²) in [4.78, 5) is 20.8. The van der Waals surface area contributed by atoms with Gasteiger partial charge in [0.15, 0.2) is 5.13 Å². The van der Waals surface area contributed by atoms with Crippen molar-refractivity contribution in [3.05, 3.63) is 47.5 Å². The molecule has 1 amide bonds. The molecule has 2 heterocycles. The number of aromatic nitrogens is 1. The molecule has 1 unspecified atom stereocenters. The van der Waals surface area contributed by atoms with Crippen molar-refractivity contribution in [2.75, 3.05) is 30.4 Å². The fraction of sp³-hybridized carbons (Fsp3) is 0.364. The normalized spacial score (nSPS) is 16.1. The number of ether oxygens (including phenoxy) is 2. The monoisotopic (exact) mass is 462 g/mol. The molecule has 1 aliphatic heterocycles. The zero-order chi connectivity index (χ0) is 20.9. The SMILES string of the molecule is CCOc1cccc2sc(N(CC3CCCO3)C(=O)CSc3ccc(Cl)cc3)nc12. The molecule has 0 bridgehead atoms. The fourth-order valence-electron chi connectivity index (χ4n) is 3.33. The average molecular weight is 463 g/mol. The van der Waals surface area contributed by atoms with E-state index in [0.29, 0.717) is 29.1 Å². The van der Waals surface area contributed by atoms with Crippen LogP contribution in [0, 0.1) is 0 Å². The molecule has 3 aromatic rings. The second-order valence-corrected chi connectivity index (χ2v) is 9.41. The van der Waals surface area contributed by atoms with Gasteiger partial charge in [0.2, 0.25) is 5.91 Å². The molecule has 0 saturated carbocycles. The molecule has 0 N–H and O–H groups in total. The molecule has 1 fully saturated rings. The van der Waals surface area contributed by atoms with Crippen LogP contribution in [0.4, 0.5) is 5.13 Å². The van der Waals surface area contributed by atoms with E-state index in [1.807, 2.05) is 49.4 Å². The lowest BCUT2D eigenvalue weighted by atomic mass is 10.2. The van der Waals surface area contributed by atoms with Crippen molar-refractivity contribution in [1.29, 1.82) is 0 Å². The van der Waals surface area contributed by atoms with E-state index < -0.39 is 0 Å². The van der Waals surface area contributed by atoms with Crippen LogP contribution < -0.4 is 9.64 Å². The van der Waals surface area contributed by atoms with Crippen molar-refractivity contribution in [2.24, 2.45) is 0 Å². The third-order valence-corrected chi connectivity index (χ3v) is 7.08. The van der Waals surface area contributed by atoms with Gasteiger partial charge in [-0.3, -0.25) is 9.69 Å². The van der Waals surface area contributed by atoms with E-state index in [2.05, 4.69) is 0 Å². The summed E-state index contributed by atoms with van der Waals surface area (Å²) in [5, 5.41) is 1.37. The van der Waals surface area contributed by atoms with E-state index in [9.17, 15) is 4.79 Å². The first-order chi connectivity index (χ1) is 14.6. The molecule has 1 aromatic heterocycles. The molecule has 0 aliphatic carbocycles. The number of nitrogens with zero attached hydrogens (tertiary/aromatic N) is 2. The molecule has 5 nitrogen and oxygen atoms in total. The lowest BCUT2D eigenvalue weighted by Crippen LogP contribution is -2.38. The second kappa shape index (κ2) is 10.0. The van der Waals surface area contributed by atoms with E-state index in [0.717, 1.165) is 40.3 Å². The predicted molar refractivity (Wildman–Crippen MR) is 124 cm³/mol. The molecule has 4 rings (SSSR count). The van der Waals surface area contributed by atoms with E-state index in [4.69, 9.17) is 26.1 Å². The summed E-state index contributed by atoms with van der Waals surface area (Å²) in [6.07, 6.45) is 2.04. The fourth-order valence-corrected chi connectivity index (χ4v) is 5.24. The van der Waals surface area contributed by atoms with Crippen LogP contribution in [-0.4, -0.2) is 42.5 Å². The zero-order valence-corrected chi connectivity index (χ0v) is 19.1. The van der Waals surface area contributed by atoms with Gasteiger partial charge in [-0.1, -0.05) is 29.0 Å². The van der Waals surface area contributed by atoms with Gasteiger partial charge in [-0.25, -0.2) is 4.98 Å². The summed E-state index contributed by atoms with van der Waals surface area (Å²) < 4.78 is 12.5. The molecule has 1 saturated heterocycles. The van der Waals surface area contributed by atoms with Gasteiger partial charge >= 0.3 is 0 Å². The Morgan fingerprint density at radius 3 is 2.90 bits per heavy atom. The van der Waals surface area contributed by atoms with Crippen LogP contribution in [0.1, 0.15) is 19.8 Å². The highest BCUT2D eigenvalue weighted by Crippen LogP contribution is 2.35. The number of hydrogen-bond acceptors (Lipinski definition) is 6. The van der Waals surface area contributed by atoms with E-state index in [1.165, 1.54) is 23.1 Å². The first-order valence-electron chi connectivity index (χ1n) is 9.96. The lowest BCUT2D eigenvalue weighted by Gasteiger charge is -2.23. The largest absolute Gasteiger partial charge is 0.492 e. The third-order valence-electron chi connectivity index (χ3n) is 4.79. The van der Waals surface area contributed by atoms with E-state index in [1.54, 1.807) is 4.90 Å². The minimum atomic E-state index is 0.0162. The molecule has 8 heteroatoms. The second-order valence-electron chi connectivity index (χ2n) is 6.91. The van der Waals surface area contributed by atoms with Crippen LogP contribution in [0.25, 0.3) is 10.2 Å². The van der Waals surface area contributed by atoms with Crippen LogP contribution >= 0.6 is 34.7 Å². The topological polar surface area (TPSA) is 51.7 Å². The van der Waals surface area contributed by atoms with Crippen molar-refractivity contribution in [2.45, 2.75) is 30.8 Å². The average Bonchev–Trinajstić information content (AvgIpc) is 3.41. The summed E-state index contributed by atoms with van der Waals surface area (Å²) in [5.41, 5.74) is 0.801. The number of carbonyl (C=O) groups excluding carboxylic acids is 1. The highest BCUT2D eigenvalue weighted by molar-refractivity contribution is 8.00. The molecule has 30 heavy (non-hydrogen) atoms. The van der Waals surface area contributed by atoms with Crippen LogP contribution in [0.3, 0.4) is 0 Å². The zero-order valence-electron chi connectivity index (χ0n) is 16.7. The molecular formula is C22H23ClN2O3S2. The lowest BCUT2D eigenvalue weighted by molar-refractivity contribution is -0.116. The van der Waals surface area contributed by atoms with Gasteiger partial charge in [-0.15, -0.1) is 11.8 Å². The van der Waals surface area contributed by atoms with E-state index >= 15 is 0 Å². The Kier molecular flexibility index (Phi) is 7.15. The summed E-state index contributed by atoms with van der Waals surface area (Å²) in [6.45, 7) is 3.79. The van der Waals surface area contributed by atoms with Crippen LogP contribution in [0.2, 0.25) is 5.02 Å². The molecule has 158 valence electrons. The highest BCUT2D eigenvalue weighted by Gasteiger charge is 2.26. The molecular weight excluding hydrogens is 440 g/mol. The number of thiazole rings is 1. The number of amides is 1. The summed E-state index contributed by atoms with van der Waals surface area (Å²) in [5.74, 6) is 1.09. The smallest absolute Gasteiger partial charge is 0.239 e. The van der Waals surface area contributed by atoms with Crippen LogP contribution in [0.15, 0.2) is 47.4 Å². The van der Waals surface area contributed by atoms with Crippen molar-refractivity contribution < 1.29 is 14.3 Å². The Bertz CT molecular complexity index is 1000. The van der Waals surface area contributed by atoms with Crippen molar-refractivity contribution in [3.8, 4) is 5.75 Å². The van der Waals surface area contributed by atoms with Gasteiger partial charge < -0.3 is 9.47 Å². The Balaban J connectivity index is 1.57. The maximum absolute atomic E-state index is 13.2. The van der Waals surface area contributed by atoms with Gasteiger partial charge in [0.1, 0.15) is 11.3 Å². The number of anilines is 1. The summed E-state index contributed by atoms with van der Waals surface area (Å²) in [6, 6.07) is 13.4. The Morgan fingerprint density at radius 1 is 1.33 bits per heavy atom. The number of halogens is 1. The molecule has 0 spiro atoms. The molecule has 1 aliphatic rings. The van der Waals surface area contributed by atoms with Crippen LogP contribution in [-0.2, 0) is 9.53 Å². The van der Waals surface area contributed by atoms with Gasteiger partial charge in [-0.05, 0) is 56.2 Å². The minimum Gasteiger partial charge on any atom is -0.492 e. The standard InChI is InChI=1S/C22H23ClN2O3S2/c1-2-27-18-6-3-7-19-21(18)24-22(30-19)25(13-16-5-4-12-28-16)20(26)14-29-17-10-8-15(23)9-11-17/h3,6-11,16H,2,4-5,12-14H2,1H3. The number of carbonyl (C=O) groups is 1.